The van der Waals surface area contributed by atoms with Crippen molar-refractivity contribution in [1.82, 2.24) is 13.7 Å². The topological polar surface area (TPSA) is 70.7 Å². The number of nitrogens with one attached hydrogen (secondary N) is 2. The Morgan fingerprint density at radius 1 is 1.17 bits per heavy atom. The van der Waals surface area contributed by atoms with Gasteiger partial charge in [0.15, 0.2) is 0 Å². The van der Waals surface area contributed by atoms with Gasteiger partial charge in [0.25, 0.3) is 5.56 Å². The van der Waals surface area contributed by atoms with Crippen LogP contribution in [0.3, 0.4) is 0 Å². The van der Waals surface area contributed by atoms with Gasteiger partial charge in [-0.15, -0.1) is 0 Å². The number of pyridine rings is 1. The Bertz CT molecular complexity index is 1120. The quantitative estimate of drug-likeness (QED) is 0.579. The van der Waals surface area contributed by atoms with Crippen LogP contribution < -0.4 is 10.9 Å². The van der Waals surface area contributed by atoms with Crippen LogP contribution in [0.1, 0.15) is 11.1 Å². The third-order valence-corrected chi connectivity index (χ3v) is 4.74. The van der Waals surface area contributed by atoms with E-state index in [1.54, 1.807) is 6.07 Å². The summed E-state index contributed by atoms with van der Waals surface area (Å²) in [6.07, 6.45) is 0. The molecule has 0 saturated heterocycles. The van der Waals surface area contributed by atoms with E-state index in [1.807, 2.05) is 37.3 Å². The normalized spacial score (nSPS) is 11.2. The number of hydrogen-bond acceptors (Lipinski definition) is 5. The molecule has 0 radical (unpaired) electrons. The molecule has 0 spiro atoms. The van der Waals surface area contributed by atoms with Gasteiger partial charge in [-0.1, -0.05) is 11.6 Å². The molecule has 24 heavy (non-hydrogen) atoms. The first kappa shape index (κ1) is 15.1. The van der Waals surface area contributed by atoms with Gasteiger partial charge in [-0.3, -0.25) is 4.79 Å². The molecule has 4 rings (SSSR count). The van der Waals surface area contributed by atoms with E-state index in [9.17, 15) is 4.79 Å². The van der Waals surface area contributed by atoms with Crippen LogP contribution in [0.15, 0.2) is 41.2 Å². The van der Waals surface area contributed by atoms with E-state index >= 15 is 0 Å². The van der Waals surface area contributed by atoms with Gasteiger partial charge in [0, 0.05) is 33.7 Å². The summed E-state index contributed by atoms with van der Waals surface area (Å²) in [7, 11) is 0. The maximum atomic E-state index is 12.2. The number of benzene rings is 2. The molecule has 0 atom stereocenters. The fourth-order valence-corrected chi connectivity index (χ4v) is 3.36. The Kier molecular flexibility index (Phi) is 3.70. The zero-order valence-corrected chi connectivity index (χ0v) is 14.3. The van der Waals surface area contributed by atoms with Gasteiger partial charge in [0.2, 0.25) is 0 Å². The molecular formula is C17H13ClN4OS. The van der Waals surface area contributed by atoms with Crippen LogP contribution in [0.2, 0.25) is 5.02 Å². The maximum absolute atomic E-state index is 12.2. The molecule has 0 saturated carbocycles. The molecule has 0 fully saturated rings. The Balaban J connectivity index is 1.67. The third-order valence-electron chi connectivity index (χ3n) is 3.95. The smallest absolute Gasteiger partial charge is 0.253 e. The summed E-state index contributed by atoms with van der Waals surface area (Å²) in [6, 6.07) is 11.2. The summed E-state index contributed by atoms with van der Waals surface area (Å²) < 4.78 is 8.48. The second kappa shape index (κ2) is 5.89. The van der Waals surface area contributed by atoms with Crippen LogP contribution >= 0.6 is 23.3 Å². The lowest BCUT2D eigenvalue weighted by molar-refractivity contribution is 1.09. The number of aryl methyl sites for hydroxylation is 1. The zero-order chi connectivity index (χ0) is 16.7. The molecule has 5 nitrogen and oxygen atoms in total. The highest BCUT2D eigenvalue weighted by molar-refractivity contribution is 7.00. The van der Waals surface area contributed by atoms with Gasteiger partial charge >= 0.3 is 0 Å². The minimum atomic E-state index is -0.105. The molecule has 2 aromatic carbocycles. The average molecular weight is 357 g/mol. The van der Waals surface area contributed by atoms with E-state index in [1.165, 1.54) is 11.7 Å². The van der Waals surface area contributed by atoms with E-state index in [2.05, 4.69) is 19.0 Å². The molecule has 0 bridgehead atoms. The molecule has 2 heterocycles. The second-order valence-corrected chi connectivity index (χ2v) is 6.59. The Labute approximate surface area is 146 Å². The predicted octanol–water partition coefficient (Wildman–Crippen LogP) is 4.11. The number of rotatable bonds is 3. The Morgan fingerprint density at radius 2 is 1.96 bits per heavy atom. The van der Waals surface area contributed by atoms with Crippen molar-refractivity contribution in [2.75, 3.05) is 5.32 Å². The fourth-order valence-electron chi connectivity index (χ4n) is 2.67. The monoisotopic (exact) mass is 356 g/mol. The van der Waals surface area contributed by atoms with Crippen molar-refractivity contribution in [3.05, 3.63) is 62.9 Å². The molecular weight excluding hydrogens is 344 g/mol. The lowest BCUT2D eigenvalue weighted by Gasteiger charge is -2.10. The van der Waals surface area contributed by atoms with Crippen LogP contribution in [-0.4, -0.2) is 13.7 Å². The van der Waals surface area contributed by atoms with E-state index in [0.29, 0.717) is 17.1 Å². The molecule has 7 heteroatoms. The fraction of sp³-hybridized carbons (Fsp3) is 0.118. The lowest BCUT2D eigenvalue weighted by Crippen LogP contribution is -2.15. The van der Waals surface area contributed by atoms with Crippen LogP contribution in [0, 0.1) is 6.92 Å². The van der Waals surface area contributed by atoms with Gasteiger partial charge in [-0.25, -0.2) is 0 Å². The van der Waals surface area contributed by atoms with Gasteiger partial charge in [-0.05, 0) is 48.9 Å². The maximum Gasteiger partial charge on any atom is 0.253 e. The van der Waals surface area contributed by atoms with Crippen molar-refractivity contribution in [3.8, 4) is 0 Å². The van der Waals surface area contributed by atoms with Crippen LogP contribution in [0.4, 0.5) is 5.69 Å². The van der Waals surface area contributed by atoms with Gasteiger partial charge < -0.3 is 10.3 Å². The number of aromatic nitrogens is 3. The minimum absolute atomic E-state index is 0.105. The highest BCUT2D eigenvalue weighted by atomic mass is 35.5. The van der Waals surface area contributed by atoms with Crippen molar-refractivity contribution in [1.29, 1.82) is 0 Å². The van der Waals surface area contributed by atoms with Crippen LogP contribution in [-0.2, 0) is 6.54 Å². The van der Waals surface area contributed by atoms with Gasteiger partial charge in [-0.2, -0.15) is 8.75 Å². The third kappa shape index (κ3) is 2.74. The molecule has 0 amide bonds. The Morgan fingerprint density at radius 3 is 2.79 bits per heavy atom. The van der Waals surface area contributed by atoms with Crippen LogP contribution in [0.5, 0.6) is 0 Å². The van der Waals surface area contributed by atoms with Crippen molar-refractivity contribution in [2.24, 2.45) is 0 Å². The number of aromatic amines is 1. The van der Waals surface area contributed by atoms with E-state index in [-0.39, 0.29) is 5.56 Å². The first-order valence-electron chi connectivity index (χ1n) is 7.38. The highest BCUT2D eigenvalue weighted by Crippen LogP contribution is 2.23. The summed E-state index contributed by atoms with van der Waals surface area (Å²) in [5.74, 6) is 0. The van der Waals surface area contributed by atoms with Gasteiger partial charge in [0.05, 0.1) is 11.7 Å². The van der Waals surface area contributed by atoms with Crippen molar-refractivity contribution < 1.29 is 0 Å². The lowest BCUT2D eigenvalue weighted by atomic mass is 10.1. The molecule has 2 aromatic heterocycles. The van der Waals surface area contributed by atoms with Crippen LogP contribution in [0.25, 0.3) is 21.9 Å². The van der Waals surface area contributed by atoms with Gasteiger partial charge in [0.1, 0.15) is 11.0 Å². The molecule has 2 N–H and O–H groups in total. The molecule has 4 aromatic rings. The molecule has 0 aliphatic rings. The van der Waals surface area contributed by atoms with Crippen molar-refractivity contribution >= 4 is 51.0 Å². The molecule has 0 aliphatic heterocycles. The van der Waals surface area contributed by atoms with Crippen molar-refractivity contribution in [3.63, 3.8) is 0 Å². The SMILES string of the molecule is Cc1cc2nsnc2cc1NCc1cc2cc(Cl)ccc2[nH]c1=O. The largest absolute Gasteiger partial charge is 0.380 e. The first-order valence-corrected chi connectivity index (χ1v) is 8.49. The molecule has 0 aliphatic carbocycles. The Hall–Kier alpha value is -2.44. The summed E-state index contributed by atoms with van der Waals surface area (Å²) >= 11 is 7.22. The predicted molar refractivity (Wildman–Crippen MR) is 99.1 cm³/mol. The van der Waals surface area contributed by atoms with E-state index in [4.69, 9.17) is 11.6 Å². The second-order valence-electron chi connectivity index (χ2n) is 5.63. The number of anilines is 1. The van der Waals surface area contributed by atoms with E-state index < -0.39 is 0 Å². The first-order chi connectivity index (χ1) is 11.6. The number of nitrogens with zero attached hydrogens (tertiary/aromatic N) is 2. The standard InChI is InChI=1S/C17H13ClN4OS/c1-9-4-15-16(22-24-21-15)7-14(9)19-8-11-5-10-6-12(18)2-3-13(10)20-17(11)23/h2-7,19H,8H2,1H3,(H,20,23). The molecule has 0 unspecified atom stereocenters. The summed E-state index contributed by atoms with van der Waals surface area (Å²) in [4.78, 5) is 15.1. The number of hydrogen-bond donors (Lipinski definition) is 2. The zero-order valence-electron chi connectivity index (χ0n) is 12.8. The summed E-state index contributed by atoms with van der Waals surface area (Å²) in [5.41, 5.74) is 5.08. The number of H-pyrrole nitrogens is 1. The highest BCUT2D eigenvalue weighted by Gasteiger charge is 2.07. The average Bonchev–Trinajstić information content (AvgIpc) is 3.00. The summed E-state index contributed by atoms with van der Waals surface area (Å²) in [5, 5.41) is 4.87. The number of fused-ring (bicyclic) bond motifs is 2. The van der Waals surface area contributed by atoms with E-state index in [0.717, 1.165) is 33.2 Å². The van der Waals surface area contributed by atoms with Crippen molar-refractivity contribution in [2.45, 2.75) is 13.5 Å². The summed E-state index contributed by atoms with van der Waals surface area (Å²) in [6.45, 7) is 2.42. The number of halogens is 1. The molecule has 120 valence electrons. The minimum Gasteiger partial charge on any atom is -0.380 e.